The van der Waals surface area contributed by atoms with Crippen molar-refractivity contribution in [3.05, 3.63) is 34.7 Å². The number of hydrogen-bond acceptors (Lipinski definition) is 4. The molecule has 3 aromatic heterocycles. The van der Waals surface area contributed by atoms with Gasteiger partial charge in [0.1, 0.15) is 17.1 Å². The van der Waals surface area contributed by atoms with Gasteiger partial charge in [-0.2, -0.15) is 0 Å². The molecule has 1 amide bonds. The first-order valence-electron chi connectivity index (χ1n) is 6.81. The number of nitrogens with zero attached hydrogens (tertiary/aromatic N) is 2. The summed E-state index contributed by atoms with van der Waals surface area (Å²) >= 11 is 1.64. The Morgan fingerprint density at radius 3 is 2.81 bits per heavy atom. The lowest BCUT2D eigenvalue weighted by Crippen LogP contribution is -2.18. The van der Waals surface area contributed by atoms with Gasteiger partial charge in [0.2, 0.25) is 0 Å². The van der Waals surface area contributed by atoms with Crippen LogP contribution in [0.25, 0.3) is 10.2 Å². The molecule has 0 fully saturated rings. The number of carbonyl (C=O) groups is 1. The van der Waals surface area contributed by atoms with Gasteiger partial charge in [-0.25, -0.2) is 0 Å². The second kappa shape index (κ2) is 5.04. The number of hydrogen-bond donors (Lipinski definition) is 1. The monoisotopic (exact) mass is 303 g/mol. The molecule has 0 saturated heterocycles. The summed E-state index contributed by atoms with van der Waals surface area (Å²) in [6.07, 6.45) is 0. The Balaban J connectivity index is 2.02. The Hall–Kier alpha value is -2.08. The van der Waals surface area contributed by atoms with Crippen LogP contribution < -0.4 is 5.32 Å². The minimum absolute atomic E-state index is 0.137. The van der Waals surface area contributed by atoms with E-state index in [0.29, 0.717) is 22.8 Å². The second-order valence-corrected chi connectivity index (χ2v) is 6.26. The van der Waals surface area contributed by atoms with Crippen LogP contribution >= 0.6 is 11.3 Å². The number of rotatable bonds is 3. The van der Waals surface area contributed by atoms with Crippen molar-refractivity contribution in [1.82, 2.24) is 9.72 Å². The molecule has 0 unspecified atom stereocenters. The van der Waals surface area contributed by atoms with E-state index in [2.05, 4.69) is 28.9 Å². The zero-order valence-electron chi connectivity index (χ0n) is 12.4. The van der Waals surface area contributed by atoms with Gasteiger partial charge >= 0.3 is 0 Å². The summed E-state index contributed by atoms with van der Waals surface area (Å²) in [7, 11) is 0. The predicted octanol–water partition coefficient (Wildman–Crippen LogP) is 4.14. The maximum Gasteiger partial charge on any atom is 0.272 e. The minimum Gasteiger partial charge on any atom is -0.359 e. The highest BCUT2D eigenvalue weighted by Gasteiger charge is 2.20. The zero-order valence-corrected chi connectivity index (χ0v) is 13.2. The van der Waals surface area contributed by atoms with E-state index in [1.165, 1.54) is 0 Å². The average Bonchev–Trinajstić information content (AvgIpc) is 3.07. The van der Waals surface area contributed by atoms with Crippen molar-refractivity contribution in [3.63, 3.8) is 0 Å². The maximum absolute atomic E-state index is 12.6. The predicted molar refractivity (Wildman–Crippen MR) is 84.1 cm³/mol. The summed E-state index contributed by atoms with van der Waals surface area (Å²) in [6, 6.07) is 4.20. The molecular formula is C15H17N3O2S. The molecule has 0 radical (unpaired) electrons. The summed E-state index contributed by atoms with van der Waals surface area (Å²) in [5, 5.41) is 8.81. The highest BCUT2D eigenvalue weighted by Crippen LogP contribution is 2.29. The summed E-state index contributed by atoms with van der Waals surface area (Å²) in [5.74, 6) is 0.479. The molecule has 0 saturated carbocycles. The van der Waals surface area contributed by atoms with Gasteiger partial charge in [0, 0.05) is 6.04 Å². The number of carbonyl (C=O) groups excluding carboxylic acids is 1. The van der Waals surface area contributed by atoms with Crippen molar-refractivity contribution in [2.75, 3.05) is 5.32 Å². The normalized spacial score (nSPS) is 11.5. The molecule has 0 aromatic carbocycles. The largest absolute Gasteiger partial charge is 0.359 e. The number of nitrogens with one attached hydrogen (secondary N) is 1. The van der Waals surface area contributed by atoms with E-state index in [-0.39, 0.29) is 11.9 Å². The Labute approximate surface area is 126 Å². The highest BCUT2D eigenvalue weighted by atomic mass is 32.1. The molecule has 3 heterocycles. The SMILES string of the molecule is Cc1noc(C)c1NC(=O)c1cc2sccc2n1C(C)C. The van der Waals surface area contributed by atoms with Gasteiger partial charge in [-0.05, 0) is 45.2 Å². The van der Waals surface area contributed by atoms with Crippen LogP contribution in [-0.2, 0) is 0 Å². The van der Waals surface area contributed by atoms with E-state index in [1.54, 1.807) is 18.3 Å². The van der Waals surface area contributed by atoms with Crippen molar-refractivity contribution in [3.8, 4) is 0 Å². The number of anilines is 1. The second-order valence-electron chi connectivity index (χ2n) is 5.32. The summed E-state index contributed by atoms with van der Waals surface area (Å²) in [4.78, 5) is 12.6. The fourth-order valence-corrected chi connectivity index (χ4v) is 3.33. The third kappa shape index (κ3) is 2.25. The molecule has 0 bridgehead atoms. The molecule has 6 heteroatoms. The van der Waals surface area contributed by atoms with Crippen molar-refractivity contribution in [1.29, 1.82) is 0 Å². The van der Waals surface area contributed by atoms with E-state index in [1.807, 2.05) is 24.4 Å². The molecule has 0 aliphatic heterocycles. The van der Waals surface area contributed by atoms with E-state index >= 15 is 0 Å². The van der Waals surface area contributed by atoms with Gasteiger partial charge in [0.25, 0.3) is 5.91 Å². The first kappa shape index (κ1) is 13.9. The molecule has 0 atom stereocenters. The average molecular weight is 303 g/mol. The molecular weight excluding hydrogens is 286 g/mol. The molecule has 21 heavy (non-hydrogen) atoms. The summed E-state index contributed by atoms with van der Waals surface area (Å²) in [5.41, 5.74) is 3.09. The smallest absolute Gasteiger partial charge is 0.272 e. The first-order valence-corrected chi connectivity index (χ1v) is 7.69. The third-order valence-electron chi connectivity index (χ3n) is 3.48. The van der Waals surface area contributed by atoms with Crippen LogP contribution in [0.4, 0.5) is 5.69 Å². The van der Waals surface area contributed by atoms with Gasteiger partial charge < -0.3 is 14.4 Å². The number of aryl methyl sites for hydroxylation is 2. The van der Waals surface area contributed by atoms with Gasteiger partial charge in [-0.15, -0.1) is 11.3 Å². The number of thiophene rings is 1. The van der Waals surface area contributed by atoms with E-state index in [4.69, 9.17) is 4.52 Å². The molecule has 3 aromatic rings. The lowest BCUT2D eigenvalue weighted by molar-refractivity contribution is 0.101. The van der Waals surface area contributed by atoms with Crippen molar-refractivity contribution >= 4 is 33.1 Å². The maximum atomic E-state index is 12.6. The Bertz CT molecular complexity index is 791. The number of amides is 1. The quantitative estimate of drug-likeness (QED) is 0.791. The lowest BCUT2D eigenvalue weighted by atomic mass is 10.3. The van der Waals surface area contributed by atoms with Gasteiger partial charge in [-0.3, -0.25) is 4.79 Å². The zero-order chi connectivity index (χ0) is 15.1. The molecule has 110 valence electrons. The Morgan fingerprint density at radius 2 is 2.19 bits per heavy atom. The first-order chi connectivity index (χ1) is 9.99. The van der Waals surface area contributed by atoms with E-state index in [9.17, 15) is 4.79 Å². The fourth-order valence-electron chi connectivity index (χ4n) is 2.52. The minimum atomic E-state index is -0.137. The van der Waals surface area contributed by atoms with Crippen LogP contribution in [0.2, 0.25) is 0 Å². The Kier molecular flexibility index (Phi) is 3.33. The molecule has 5 nitrogen and oxygen atoms in total. The molecule has 0 aliphatic carbocycles. The molecule has 0 aliphatic rings. The highest BCUT2D eigenvalue weighted by molar-refractivity contribution is 7.17. The number of fused-ring (bicyclic) bond motifs is 1. The van der Waals surface area contributed by atoms with Gasteiger partial charge in [-0.1, -0.05) is 5.16 Å². The lowest BCUT2D eigenvalue weighted by Gasteiger charge is -2.13. The number of aromatic nitrogens is 2. The summed E-state index contributed by atoms with van der Waals surface area (Å²) < 4.78 is 8.26. The van der Waals surface area contributed by atoms with E-state index in [0.717, 1.165) is 10.2 Å². The molecule has 0 spiro atoms. The topological polar surface area (TPSA) is 60.1 Å². The Morgan fingerprint density at radius 1 is 1.43 bits per heavy atom. The molecule has 3 rings (SSSR count). The summed E-state index contributed by atoms with van der Waals surface area (Å²) in [6.45, 7) is 7.75. The third-order valence-corrected chi connectivity index (χ3v) is 4.33. The van der Waals surface area contributed by atoms with Crippen LogP contribution in [0.3, 0.4) is 0 Å². The van der Waals surface area contributed by atoms with Crippen LogP contribution in [0, 0.1) is 13.8 Å². The van der Waals surface area contributed by atoms with E-state index < -0.39 is 0 Å². The molecule has 1 N–H and O–H groups in total. The van der Waals surface area contributed by atoms with Gasteiger partial charge in [0.15, 0.2) is 5.76 Å². The van der Waals surface area contributed by atoms with Crippen molar-refractivity contribution in [2.24, 2.45) is 0 Å². The fraction of sp³-hybridized carbons (Fsp3) is 0.333. The van der Waals surface area contributed by atoms with Crippen LogP contribution in [0.5, 0.6) is 0 Å². The standard InChI is InChI=1S/C15H17N3O2S/c1-8(2)18-11-5-6-21-13(11)7-12(18)15(19)16-14-9(3)17-20-10(14)4/h5-8H,1-4H3,(H,16,19). The van der Waals surface area contributed by atoms with Gasteiger partial charge in [0.05, 0.1) is 10.2 Å². The van der Waals surface area contributed by atoms with Crippen molar-refractivity contribution in [2.45, 2.75) is 33.7 Å². The van der Waals surface area contributed by atoms with Crippen molar-refractivity contribution < 1.29 is 9.32 Å². The van der Waals surface area contributed by atoms with Crippen LogP contribution in [-0.4, -0.2) is 15.6 Å². The van der Waals surface area contributed by atoms with Crippen LogP contribution in [0.15, 0.2) is 22.0 Å². The van der Waals surface area contributed by atoms with Crippen LogP contribution in [0.1, 0.15) is 41.8 Å².